The second kappa shape index (κ2) is 9.70. The first-order valence-corrected chi connectivity index (χ1v) is 7.65. The zero-order chi connectivity index (χ0) is 15.9. The zero-order valence-electron chi connectivity index (χ0n) is 14.0. The van der Waals surface area contributed by atoms with Gasteiger partial charge in [-0.15, -0.1) is 12.4 Å². The van der Waals surface area contributed by atoms with E-state index >= 15 is 0 Å². The molecular weight excluding hydrogens is 300 g/mol. The van der Waals surface area contributed by atoms with Gasteiger partial charge in [0.1, 0.15) is 5.75 Å². The fourth-order valence-corrected chi connectivity index (χ4v) is 2.44. The lowest BCUT2D eigenvalue weighted by atomic mass is 9.91. The van der Waals surface area contributed by atoms with Crippen LogP contribution in [0, 0.1) is 0 Å². The van der Waals surface area contributed by atoms with E-state index in [1.165, 1.54) is 0 Å². The summed E-state index contributed by atoms with van der Waals surface area (Å²) in [5, 5.41) is 3.11. The van der Waals surface area contributed by atoms with Gasteiger partial charge in [0.2, 0.25) is 5.91 Å². The smallest absolute Gasteiger partial charge is 0.221 e. The fourth-order valence-electron chi connectivity index (χ4n) is 2.44. The number of ether oxygens (including phenoxy) is 1. The third-order valence-electron chi connectivity index (χ3n) is 4.33. The van der Waals surface area contributed by atoms with Crippen LogP contribution < -0.4 is 15.8 Å². The molecule has 0 aromatic heterocycles. The number of hydrogen-bond donors (Lipinski definition) is 2. The van der Waals surface area contributed by atoms with Crippen molar-refractivity contribution < 1.29 is 9.53 Å². The van der Waals surface area contributed by atoms with Crippen molar-refractivity contribution >= 4 is 18.3 Å². The number of carbonyl (C=O) groups excluding carboxylic acids is 1. The molecule has 0 aliphatic heterocycles. The Morgan fingerprint density at radius 2 is 1.82 bits per heavy atom. The normalized spacial score (nSPS) is 12.2. The average molecular weight is 329 g/mol. The minimum absolute atomic E-state index is 0. The highest BCUT2D eigenvalue weighted by molar-refractivity contribution is 5.85. The predicted molar refractivity (Wildman–Crippen MR) is 93.8 cm³/mol. The second-order valence-corrected chi connectivity index (χ2v) is 5.62. The molecule has 1 atom stereocenters. The van der Waals surface area contributed by atoms with E-state index in [4.69, 9.17) is 10.5 Å². The molecule has 1 aromatic carbocycles. The molecule has 3 N–H and O–H groups in total. The summed E-state index contributed by atoms with van der Waals surface area (Å²) in [7, 11) is 1.65. The molecule has 0 radical (unpaired) electrons. The van der Waals surface area contributed by atoms with Crippen LogP contribution in [0.25, 0.3) is 0 Å². The molecule has 1 rings (SSSR count). The van der Waals surface area contributed by atoms with Gasteiger partial charge in [-0.2, -0.15) is 0 Å². The Labute approximate surface area is 140 Å². The molecule has 0 saturated carbocycles. The van der Waals surface area contributed by atoms with Crippen molar-refractivity contribution in [3.8, 4) is 5.75 Å². The minimum atomic E-state index is -0.267. The van der Waals surface area contributed by atoms with Crippen LogP contribution >= 0.6 is 12.4 Å². The number of amides is 1. The first-order valence-electron chi connectivity index (χ1n) is 7.65. The fraction of sp³-hybridized carbons (Fsp3) is 0.588. The van der Waals surface area contributed by atoms with Gasteiger partial charge in [0, 0.05) is 13.0 Å². The number of methoxy groups -OCH3 is 1. The molecule has 0 aliphatic carbocycles. The molecule has 22 heavy (non-hydrogen) atoms. The van der Waals surface area contributed by atoms with Gasteiger partial charge in [0.25, 0.3) is 0 Å². The average Bonchev–Trinajstić information content (AvgIpc) is 2.52. The van der Waals surface area contributed by atoms with Crippen molar-refractivity contribution in [3.05, 3.63) is 29.8 Å². The van der Waals surface area contributed by atoms with Crippen LogP contribution in [0.5, 0.6) is 5.75 Å². The number of nitrogens with two attached hydrogens (primary N) is 1. The maximum Gasteiger partial charge on any atom is 0.221 e. The largest absolute Gasteiger partial charge is 0.497 e. The summed E-state index contributed by atoms with van der Waals surface area (Å²) in [5.74, 6) is 1.06. The van der Waals surface area contributed by atoms with E-state index in [9.17, 15) is 4.79 Å². The molecule has 1 amide bonds. The summed E-state index contributed by atoms with van der Waals surface area (Å²) in [6, 6.07) is 7.86. The van der Waals surface area contributed by atoms with Crippen LogP contribution in [0.2, 0.25) is 0 Å². The number of halogens is 1. The van der Waals surface area contributed by atoms with Crippen LogP contribution in [0.15, 0.2) is 24.3 Å². The van der Waals surface area contributed by atoms with E-state index in [2.05, 4.69) is 26.1 Å². The lowest BCUT2D eigenvalue weighted by Crippen LogP contribution is -2.53. The van der Waals surface area contributed by atoms with Crippen molar-refractivity contribution in [1.82, 2.24) is 5.32 Å². The molecule has 126 valence electrons. The standard InChI is InChI=1S/C17H28N2O2.ClH/c1-5-17(6-2,12-18)19-16(20)11-13(3)14-7-9-15(21-4)10-8-14;/h7-10,13H,5-6,11-12,18H2,1-4H3,(H,19,20);1H. The van der Waals surface area contributed by atoms with Crippen LogP contribution in [-0.4, -0.2) is 25.1 Å². The second-order valence-electron chi connectivity index (χ2n) is 5.62. The summed E-state index contributed by atoms with van der Waals surface area (Å²) in [5.41, 5.74) is 6.69. The number of nitrogens with one attached hydrogen (secondary N) is 1. The predicted octanol–water partition coefficient (Wildman–Crippen LogP) is 3.24. The topological polar surface area (TPSA) is 64.3 Å². The number of carbonyl (C=O) groups is 1. The van der Waals surface area contributed by atoms with Crippen molar-refractivity contribution in [2.24, 2.45) is 5.73 Å². The molecule has 1 unspecified atom stereocenters. The van der Waals surface area contributed by atoms with Gasteiger partial charge in [-0.25, -0.2) is 0 Å². The molecular formula is C17H29ClN2O2. The first kappa shape index (κ1) is 20.7. The summed E-state index contributed by atoms with van der Waals surface area (Å²) in [6.45, 7) is 6.65. The maximum absolute atomic E-state index is 12.3. The van der Waals surface area contributed by atoms with Crippen molar-refractivity contribution in [3.63, 3.8) is 0 Å². The highest BCUT2D eigenvalue weighted by Crippen LogP contribution is 2.22. The van der Waals surface area contributed by atoms with Crippen LogP contribution in [0.4, 0.5) is 0 Å². The third-order valence-corrected chi connectivity index (χ3v) is 4.33. The first-order chi connectivity index (χ1) is 10.00. The van der Waals surface area contributed by atoms with Crippen LogP contribution in [0.1, 0.15) is 51.5 Å². The Morgan fingerprint density at radius 3 is 2.23 bits per heavy atom. The number of benzene rings is 1. The molecule has 0 saturated heterocycles. The third kappa shape index (κ3) is 5.50. The summed E-state index contributed by atoms with van der Waals surface area (Å²) in [4.78, 5) is 12.3. The number of rotatable bonds is 8. The molecule has 0 bridgehead atoms. The van der Waals surface area contributed by atoms with E-state index in [0.717, 1.165) is 24.2 Å². The van der Waals surface area contributed by atoms with E-state index in [-0.39, 0.29) is 29.8 Å². The molecule has 4 nitrogen and oxygen atoms in total. The lowest BCUT2D eigenvalue weighted by molar-refractivity contribution is -0.123. The monoisotopic (exact) mass is 328 g/mol. The van der Waals surface area contributed by atoms with Crippen LogP contribution in [0.3, 0.4) is 0 Å². The highest BCUT2D eigenvalue weighted by Gasteiger charge is 2.26. The molecule has 0 spiro atoms. The molecule has 5 heteroatoms. The van der Waals surface area contributed by atoms with Gasteiger partial charge < -0.3 is 15.8 Å². The van der Waals surface area contributed by atoms with Gasteiger partial charge >= 0.3 is 0 Å². The van der Waals surface area contributed by atoms with Crippen molar-refractivity contribution in [2.75, 3.05) is 13.7 Å². The van der Waals surface area contributed by atoms with E-state index in [1.54, 1.807) is 7.11 Å². The van der Waals surface area contributed by atoms with Gasteiger partial charge in [-0.05, 0) is 36.5 Å². The van der Waals surface area contributed by atoms with Gasteiger partial charge in [-0.3, -0.25) is 4.79 Å². The summed E-state index contributed by atoms with van der Waals surface area (Å²) < 4.78 is 5.15. The lowest BCUT2D eigenvalue weighted by Gasteiger charge is -2.32. The zero-order valence-corrected chi connectivity index (χ0v) is 14.8. The number of hydrogen-bond acceptors (Lipinski definition) is 3. The highest BCUT2D eigenvalue weighted by atomic mass is 35.5. The minimum Gasteiger partial charge on any atom is -0.497 e. The summed E-state index contributed by atoms with van der Waals surface area (Å²) in [6.07, 6.45) is 2.17. The Hall–Kier alpha value is -1.26. The van der Waals surface area contributed by atoms with Crippen LogP contribution in [-0.2, 0) is 4.79 Å². The van der Waals surface area contributed by atoms with Gasteiger partial charge in [0.05, 0.1) is 12.6 Å². The molecule has 0 aliphatic rings. The van der Waals surface area contributed by atoms with Crippen molar-refractivity contribution in [2.45, 2.75) is 51.5 Å². The van der Waals surface area contributed by atoms with E-state index in [1.807, 2.05) is 24.3 Å². The molecule has 0 heterocycles. The van der Waals surface area contributed by atoms with Crippen molar-refractivity contribution in [1.29, 1.82) is 0 Å². The summed E-state index contributed by atoms with van der Waals surface area (Å²) >= 11 is 0. The van der Waals surface area contributed by atoms with Gasteiger partial charge in [-0.1, -0.05) is 32.9 Å². The Balaban J connectivity index is 0.00000441. The molecule has 1 aromatic rings. The quantitative estimate of drug-likeness (QED) is 0.770. The van der Waals surface area contributed by atoms with Gasteiger partial charge in [0.15, 0.2) is 0 Å². The molecule has 0 fully saturated rings. The van der Waals surface area contributed by atoms with E-state index < -0.39 is 0 Å². The Bertz CT molecular complexity index is 436. The SMILES string of the molecule is CCC(CC)(CN)NC(=O)CC(C)c1ccc(OC)cc1.Cl. The Kier molecular flexibility index (Phi) is 9.14. The Morgan fingerprint density at radius 1 is 1.27 bits per heavy atom. The maximum atomic E-state index is 12.3. The van der Waals surface area contributed by atoms with E-state index in [0.29, 0.717) is 13.0 Å².